The lowest BCUT2D eigenvalue weighted by atomic mass is 10.1. The molecule has 2 N–H and O–H groups in total. The van der Waals surface area contributed by atoms with E-state index in [0.717, 1.165) is 18.3 Å². The van der Waals surface area contributed by atoms with Gasteiger partial charge in [0.05, 0.1) is 0 Å². The van der Waals surface area contributed by atoms with Crippen LogP contribution in [-0.2, 0) is 13.5 Å². The molecule has 1 atom stereocenters. The number of phenols is 1. The van der Waals surface area contributed by atoms with Crippen LogP contribution in [0.1, 0.15) is 24.4 Å². The van der Waals surface area contributed by atoms with E-state index in [1.165, 1.54) is 6.07 Å². The van der Waals surface area contributed by atoms with Crippen LogP contribution in [0.3, 0.4) is 0 Å². The highest BCUT2D eigenvalue weighted by Gasteiger charge is 2.11. The highest BCUT2D eigenvalue weighted by molar-refractivity contribution is 5.34. The first kappa shape index (κ1) is 13.5. The van der Waals surface area contributed by atoms with Gasteiger partial charge in [-0.05, 0) is 13.0 Å². The molecule has 1 unspecified atom stereocenters. The molecule has 1 aromatic carbocycles. The summed E-state index contributed by atoms with van der Waals surface area (Å²) in [5.74, 6) is 0.425. The van der Waals surface area contributed by atoms with Crippen LogP contribution >= 0.6 is 0 Å². The molecule has 6 heteroatoms. The number of aromatic nitrogens is 3. The number of halogens is 1. The van der Waals surface area contributed by atoms with E-state index in [-0.39, 0.29) is 11.8 Å². The van der Waals surface area contributed by atoms with Gasteiger partial charge >= 0.3 is 0 Å². The van der Waals surface area contributed by atoms with Gasteiger partial charge in [0.1, 0.15) is 23.7 Å². The lowest BCUT2D eigenvalue weighted by Crippen LogP contribution is -2.22. The average Bonchev–Trinajstić information content (AvgIpc) is 2.75. The minimum atomic E-state index is -0.437. The number of benzene rings is 1. The molecule has 0 amide bonds. The number of hydrogen-bond donors (Lipinski definition) is 2. The molecule has 0 saturated carbocycles. The van der Waals surface area contributed by atoms with Crippen LogP contribution < -0.4 is 5.32 Å². The molecule has 19 heavy (non-hydrogen) atoms. The Hall–Kier alpha value is -1.95. The maximum absolute atomic E-state index is 12.9. The first-order valence-corrected chi connectivity index (χ1v) is 6.12. The molecule has 0 bridgehead atoms. The Kier molecular flexibility index (Phi) is 4.11. The quantitative estimate of drug-likeness (QED) is 0.860. The fraction of sp³-hybridized carbons (Fsp3) is 0.385. The Bertz CT molecular complexity index is 555. The lowest BCUT2D eigenvalue weighted by molar-refractivity contribution is 0.447. The summed E-state index contributed by atoms with van der Waals surface area (Å²) >= 11 is 0. The highest BCUT2D eigenvalue weighted by Crippen LogP contribution is 2.24. The molecule has 0 aliphatic carbocycles. The van der Waals surface area contributed by atoms with Crippen LogP contribution in [0.15, 0.2) is 24.5 Å². The van der Waals surface area contributed by atoms with Gasteiger partial charge in [-0.1, -0.05) is 6.07 Å². The van der Waals surface area contributed by atoms with E-state index < -0.39 is 5.82 Å². The topological polar surface area (TPSA) is 63.0 Å². The molecule has 0 spiro atoms. The highest BCUT2D eigenvalue weighted by atomic mass is 19.1. The molecule has 0 saturated heterocycles. The van der Waals surface area contributed by atoms with Gasteiger partial charge in [-0.15, -0.1) is 10.2 Å². The van der Waals surface area contributed by atoms with Gasteiger partial charge in [-0.2, -0.15) is 0 Å². The Labute approximate surface area is 111 Å². The third kappa shape index (κ3) is 3.29. The molecule has 0 radical (unpaired) electrons. The van der Waals surface area contributed by atoms with E-state index in [4.69, 9.17) is 0 Å². The maximum Gasteiger partial charge on any atom is 0.133 e. The second-order valence-corrected chi connectivity index (χ2v) is 4.49. The van der Waals surface area contributed by atoms with Gasteiger partial charge in [0.2, 0.25) is 0 Å². The first-order chi connectivity index (χ1) is 9.08. The summed E-state index contributed by atoms with van der Waals surface area (Å²) in [6, 6.07) is 3.99. The summed E-state index contributed by atoms with van der Waals surface area (Å²) in [4.78, 5) is 0. The van der Waals surface area contributed by atoms with Crippen molar-refractivity contribution in [1.82, 2.24) is 20.1 Å². The van der Waals surface area contributed by atoms with E-state index in [1.807, 2.05) is 18.5 Å². The first-order valence-electron chi connectivity index (χ1n) is 6.12. The lowest BCUT2D eigenvalue weighted by Gasteiger charge is -2.15. The molecule has 1 aromatic heterocycles. The molecule has 2 rings (SSSR count). The fourth-order valence-electron chi connectivity index (χ4n) is 1.93. The van der Waals surface area contributed by atoms with Crippen molar-refractivity contribution in [3.63, 3.8) is 0 Å². The van der Waals surface area contributed by atoms with Gasteiger partial charge < -0.3 is 15.0 Å². The standard InChI is InChI=1S/C13H17FN4O/c1-9(11-4-3-10(14)7-12(11)19)15-6-5-13-17-16-8-18(13)2/h3-4,7-9,15,19H,5-6H2,1-2H3. The van der Waals surface area contributed by atoms with Crippen molar-refractivity contribution in [2.24, 2.45) is 7.05 Å². The van der Waals surface area contributed by atoms with E-state index in [2.05, 4.69) is 15.5 Å². The van der Waals surface area contributed by atoms with Crippen molar-refractivity contribution in [2.45, 2.75) is 19.4 Å². The molecule has 102 valence electrons. The van der Waals surface area contributed by atoms with Gasteiger partial charge in [0, 0.05) is 37.7 Å². The third-order valence-electron chi connectivity index (χ3n) is 3.06. The SMILES string of the molecule is CC(NCCc1nncn1C)c1ccc(F)cc1O. The Morgan fingerprint density at radius 3 is 2.89 bits per heavy atom. The Balaban J connectivity index is 1.91. The number of nitrogens with zero attached hydrogens (tertiary/aromatic N) is 3. The van der Waals surface area contributed by atoms with Crippen LogP contribution in [0.2, 0.25) is 0 Å². The van der Waals surface area contributed by atoms with Crippen molar-refractivity contribution >= 4 is 0 Å². The number of rotatable bonds is 5. The summed E-state index contributed by atoms with van der Waals surface area (Å²) < 4.78 is 14.8. The van der Waals surface area contributed by atoms with E-state index in [0.29, 0.717) is 12.1 Å². The minimum Gasteiger partial charge on any atom is -0.508 e. The van der Waals surface area contributed by atoms with Crippen molar-refractivity contribution in [1.29, 1.82) is 0 Å². The van der Waals surface area contributed by atoms with Crippen molar-refractivity contribution < 1.29 is 9.50 Å². The van der Waals surface area contributed by atoms with Gasteiger partial charge in [-0.3, -0.25) is 0 Å². The molecule has 0 aliphatic rings. The molecule has 0 aliphatic heterocycles. The van der Waals surface area contributed by atoms with Crippen molar-refractivity contribution in [3.05, 3.63) is 41.7 Å². The fourth-order valence-corrected chi connectivity index (χ4v) is 1.93. The zero-order valence-corrected chi connectivity index (χ0v) is 11.0. The maximum atomic E-state index is 12.9. The van der Waals surface area contributed by atoms with Crippen LogP contribution in [0, 0.1) is 5.82 Å². The Morgan fingerprint density at radius 1 is 1.47 bits per heavy atom. The third-order valence-corrected chi connectivity index (χ3v) is 3.06. The number of hydrogen-bond acceptors (Lipinski definition) is 4. The van der Waals surface area contributed by atoms with Gasteiger partial charge in [0.15, 0.2) is 0 Å². The largest absolute Gasteiger partial charge is 0.508 e. The van der Waals surface area contributed by atoms with Crippen LogP contribution in [0.4, 0.5) is 4.39 Å². The van der Waals surface area contributed by atoms with E-state index in [1.54, 1.807) is 12.4 Å². The van der Waals surface area contributed by atoms with Gasteiger partial charge in [-0.25, -0.2) is 4.39 Å². The second-order valence-electron chi connectivity index (χ2n) is 4.49. The smallest absolute Gasteiger partial charge is 0.133 e. The van der Waals surface area contributed by atoms with E-state index >= 15 is 0 Å². The molecule has 5 nitrogen and oxygen atoms in total. The van der Waals surface area contributed by atoms with E-state index in [9.17, 15) is 9.50 Å². The summed E-state index contributed by atoms with van der Waals surface area (Å²) in [6.45, 7) is 2.62. The Morgan fingerprint density at radius 2 is 2.26 bits per heavy atom. The molecular formula is C13H17FN4O. The second kappa shape index (κ2) is 5.79. The van der Waals surface area contributed by atoms with Crippen molar-refractivity contribution in [2.75, 3.05) is 6.54 Å². The summed E-state index contributed by atoms with van der Waals surface area (Å²) in [6.07, 6.45) is 2.40. The van der Waals surface area contributed by atoms with Crippen molar-refractivity contribution in [3.8, 4) is 5.75 Å². The van der Waals surface area contributed by atoms with Crippen LogP contribution in [0.25, 0.3) is 0 Å². The number of phenolic OH excluding ortho intramolecular Hbond substituents is 1. The van der Waals surface area contributed by atoms with Crippen LogP contribution in [-0.4, -0.2) is 26.4 Å². The molecular weight excluding hydrogens is 247 g/mol. The molecule has 1 heterocycles. The molecule has 0 fully saturated rings. The zero-order valence-electron chi connectivity index (χ0n) is 11.0. The minimum absolute atomic E-state index is 0.0290. The monoisotopic (exact) mass is 264 g/mol. The molecule has 2 aromatic rings. The van der Waals surface area contributed by atoms with Gasteiger partial charge in [0.25, 0.3) is 0 Å². The number of aromatic hydroxyl groups is 1. The predicted molar refractivity (Wildman–Crippen MR) is 69.2 cm³/mol. The number of aryl methyl sites for hydroxylation is 1. The van der Waals surface area contributed by atoms with Crippen LogP contribution in [0.5, 0.6) is 5.75 Å². The summed E-state index contributed by atoms with van der Waals surface area (Å²) in [5.41, 5.74) is 0.680. The predicted octanol–water partition coefficient (Wildman–Crippen LogP) is 1.55. The average molecular weight is 264 g/mol. The zero-order chi connectivity index (χ0) is 13.8. The number of nitrogens with one attached hydrogen (secondary N) is 1. The summed E-state index contributed by atoms with van der Waals surface area (Å²) in [5, 5.41) is 20.7. The summed E-state index contributed by atoms with van der Waals surface area (Å²) in [7, 11) is 1.89. The normalized spacial score (nSPS) is 12.6.